The molecule has 0 unspecified atom stereocenters. The van der Waals surface area contributed by atoms with Gasteiger partial charge in [-0.1, -0.05) is 48.5 Å². The molecule has 4 rings (SSSR count). The van der Waals surface area contributed by atoms with Crippen LogP contribution in [0.1, 0.15) is 11.3 Å². The fraction of sp³-hybridized carbons (Fsp3) is 0. The maximum atomic E-state index is 5.82. The van der Waals surface area contributed by atoms with E-state index in [1.54, 1.807) is 6.21 Å². The summed E-state index contributed by atoms with van der Waals surface area (Å²) in [7, 11) is 0. The minimum atomic E-state index is 0.0412. The summed E-state index contributed by atoms with van der Waals surface area (Å²) in [5.41, 5.74) is 12.6. The number of benzene rings is 3. The standard InChI is InChI=1S/C18H14N6O/c19-17(16-18(20)24-25-23-16)22-21-10-15-13-7-3-1-5-11(13)9-12-6-2-4-8-14(12)15/h1-10H,(H2,19,22)(H2,20,24)/b21-10-. The van der Waals surface area contributed by atoms with E-state index >= 15 is 0 Å². The van der Waals surface area contributed by atoms with Crippen molar-refractivity contribution >= 4 is 39.4 Å². The molecule has 7 nitrogen and oxygen atoms in total. The van der Waals surface area contributed by atoms with Crippen LogP contribution in [0.15, 0.2) is 69.4 Å². The number of nitrogens with two attached hydrogens (primary N) is 2. The Labute approximate surface area is 142 Å². The van der Waals surface area contributed by atoms with E-state index in [1.807, 2.05) is 24.3 Å². The van der Waals surface area contributed by atoms with Gasteiger partial charge in [0.1, 0.15) is 0 Å². The average molecular weight is 330 g/mol. The maximum Gasteiger partial charge on any atom is 0.199 e. The summed E-state index contributed by atoms with van der Waals surface area (Å²) in [6.45, 7) is 0. The van der Waals surface area contributed by atoms with Crippen LogP contribution in [0.4, 0.5) is 5.82 Å². The molecule has 122 valence electrons. The van der Waals surface area contributed by atoms with Crippen LogP contribution < -0.4 is 11.5 Å². The largest absolute Gasteiger partial charge is 0.380 e. The molecule has 1 heterocycles. The summed E-state index contributed by atoms with van der Waals surface area (Å²) in [6.07, 6.45) is 1.68. The lowest BCUT2D eigenvalue weighted by atomic mass is 9.97. The molecule has 7 heteroatoms. The molecule has 0 fully saturated rings. The third-order valence-corrected chi connectivity index (χ3v) is 3.92. The van der Waals surface area contributed by atoms with E-state index in [2.05, 4.69) is 55.5 Å². The Kier molecular flexibility index (Phi) is 3.59. The third-order valence-electron chi connectivity index (χ3n) is 3.92. The lowest BCUT2D eigenvalue weighted by molar-refractivity contribution is 0.308. The lowest BCUT2D eigenvalue weighted by Gasteiger charge is -2.07. The minimum absolute atomic E-state index is 0.0412. The van der Waals surface area contributed by atoms with Gasteiger partial charge in [0.05, 0.1) is 6.21 Å². The van der Waals surface area contributed by atoms with E-state index in [0.717, 1.165) is 27.1 Å². The van der Waals surface area contributed by atoms with E-state index in [-0.39, 0.29) is 17.3 Å². The number of hydrogen-bond acceptors (Lipinski definition) is 6. The second kappa shape index (κ2) is 6.04. The van der Waals surface area contributed by atoms with Gasteiger partial charge in [-0.05, 0) is 37.9 Å². The fourth-order valence-corrected chi connectivity index (χ4v) is 2.76. The monoisotopic (exact) mass is 330 g/mol. The van der Waals surface area contributed by atoms with Crippen molar-refractivity contribution in [3.05, 3.63) is 65.9 Å². The molecule has 0 saturated carbocycles. The predicted octanol–water partition coefficient (Wildman–Crippen LogP) is 2.70. The summed E-state index contributed by atoms with van der Waals surface area (Å²) in [5.74, 6) is 0.117. The molecule has 1 aromatic heterocycles. The Hall–Kier alpha value is -3.74. The first-order valence-electron chi connectivity index (χ1n) is 7.59. The van der Waals surface area contributed by atoms with Crippen molar-refractivity contribution in [1.82, 2.24) is 10.3 Å². The number of amidine groups is 1. The molecule has 25 heavy (non-hydrogen) atoms. The maximum absolute atomic E-state index is 5.82. The highest BCUT2D eigenvalue weighted by atomic mass is 16.6. The van der Waals surface area contributed by atoms with Crippen molar-refractivity contribution in [2.45, 2.75) is 0 Å². The summed E-state index contributed by atoms with van der Waals surface area (Å²) in [6, 6.07) is 18.4. The average Bonchev–Trinajstić information content (AvgIpc) is 3.07. The van der Waals surface area contributed by atoms with Gasteiger partial charge in [-0.25, -0.2) is 4.63 Å². The molecule has 0 bridgehead atoms. The summed E-state index contributed by atoms with van der Waals surface area (Å²) < 4.78 is 4.51. The summed E-state index contributed by atoms with van der Waals surface area (Å²) in [5, 5.41) is 19.6. The van der Waals surface area contributed by atoms with Crippen LogP contribution in [0.2, 0.25) is 0 Å². The van der Waals surface area contributed by atoms with Gasteiger partial charge in [-0.15, -0.1) is 5.10 Å². The number of anilines is 1. The molecule has 0 spiro atoms. The highest BCUT2D eigenvalue weighted by molar-refractivity contribution is 6.13. The van der Waals surface area contributed by atoms with Crippen LogP contribution >= 0.6 is 0 Å². The van der Waals surface area contributed by atoms with Crippen LogP contribution in [0.5, 0.6) is 0 Å². The van der Waals surface area contributed by atoms with Gasteiger partial charge in [0.2, 0.25) is 0 Å². The molecular weight excluding hydrogens is 316 g/mol. The van der Waals surface area contributed by atoms with Crippen molar-refractivity contribution in [3.8, 4) is 0 Å². The zero-order valence-electron chi connectivity index (χ0n) is 13.1. The van der Waals surface area contributed by atoms with Gasteiger partial charge in [0.15, 0.2) is 17.3 Å². The van der Waals surface area contributed by atoms with Crippen LogP contribution in [0, 0.1) is 0 Å². The Morgan fingerprint density at radius 1 is 0.960 bits per heavy atom. The smallest absolute Gasteiger partial charge is 0.199 e. The van der Waals surface area contributed by atoms with Crippen molar-refractivity contribution in [2.75, 3.05) is 5.73 Å². The Morgan fingerprint density at radius 3 is 2.20 bits per heavy atom. The van der Waals surface area contributed by atoms with E-state index < -0.39 is 0 Å². The zero-order valence-corrected chi connectivity index (χ0v) is 13.1. The molecule has 4 aromatic rings. The molecule has 0 radical (unpaired) electrons. The fourth-order valence-electron chi connectivity index (χ4n) is 2.76. The van der Waals surface area contributed by atoms with Crippen molar-refractivity contribution in [3.63, 3.8) is 0 Å². The number of aromatic nitrogens is 2. The first kappa shape index (κ1) is 14.8. The van der Waals surface area contributed by atoms with Crippen molar-refractivity contribution in [2.24, 2.45) is 15.9 Å². The van der Waals surface area contributed by atoms with Crippen LogP contribution in [0.25, 0.3) is 21.5 Å². The Bertz CT molecular complexity index is 1070. The first-order chi connectivity index (χ1) is 12.2. The second-order valence-electron chi connectivity index (χ2n) is 5.46. The first-order valence-corrected chi connectivity index (χ1v) is 7.59. The molecule has 0 amide bonds. The normalized spacial score (nSPS) is 12.4. The molecule has 4 N–H and O–H groups in total. The van der Waals surface area contributed by atoms with Gasteiger partial charge in [-0.2, -0.15) is 5.10 Å². The summed E-state index contributed by atoms with van der Waals surface area (Å²) >= 11 is 0. The van der Waals surface area contributed by atoms with Crippen molar-refractivity contribution in [1.29, 1.82) is 0 Å². The topological polar surface area (TPSA) is 116 Å². The molecule has 0 aliphatic rings. The van der Waals surface area contributed by atoms with Gasteiger partial charge in [0.25, 0.3) is 0 Å². The van der Waals surface area contributed by atoms with Crippen molar-refractivity contribution < 1.29 is 4.63 Å². The van der Waals surface area contributed by atoms with E-state index in [4.69, 9.17) is 11.5 Å². The van der Waals surface area contributed by atoms with Gasteiger partial charge in [-0.3, -0.25) is 0 Å². The lowest BCUT2D eigenvalue weighted by Crippen LogP contribution is -2.15. The molecule has 0 aliphatic heterocycles. The SMILES string of the molecule is N/C(=N\N=C/c1c2ccccc2cc2ccccc12)c1nonc1N. The molecule has 0 aliphatic carbocycles. The third kappa shape index (κ3) is 2.67. The second-order valence-corrected chi connectivity index (χ2v) is 5.46. The highest BCUT2D eigenvalue weighted by Gasteiger charge is 2.10. The Balaban J connectivity index is 1.83. The number of rotatable bonds is 3. The number of nitrogens with zero attached hydrogens (tertiary/aromatic N) is 4. The van der Waals surface area contributed by atoms with E-state index in [0.29, 0.717) is 0 Å². The quantitative estimate of drug-likeness (QED) is 0.259. The van der Waals surface area contributed by atoms with Crippen LogP contribution in [-0.2, 0) is 0 Å². The van der Waals surface area contributed by atoms with Gasteiger partial charge in [0, 0.05) is 5.56 Å². The van der Waals surface area contributed by atoms with Crippen LogP contribution in [0.3, 0.4) is 0 Å². The number of hydrogen-bond donors (Lipinski definition) is 2. The number of nitrogen functional groups attached to an aromatic ring is 1. The zero-order chi connectivity index (χ0) is 17.2. The van der Waals surface area contributed by atoms with Crippen LogP contribution in [-0.4, -0.2) is 22.4 Å². The highest BCUT2D eigenvalue weighted by Crippen LogP contribution is 2.27. The summed E-state index contributed by atoms with van der Waals surface area (Å²) in [4.78, 5) is 0. The van der Waals surface area contributed by atoms with Gasteiger partial charge >= 0.3 is 0 Å². The molecule has 3 aromatic carbocycles. The van der Waals surface area contributed by atoms with E-state index in [1.165, 1.54) is 0 Å². The number of fused-ring (bicyclic) bond motifs is 2. The Morgan fingerprint density at radius 2 is 1.60 bits per heavy atom. The minimum Gasteiger partial charge on any atom is -0.380 e. The molecule has 0 saturated heterocycles. The molecule has 0 atom stereocenters. The van der Waals surface area contributed by atoms with Gasteiger partial charge < -0.3 is 11.5 Å². The predicted molar refractivity (Wildman–Crippen MR) is 98.5 cm³/mol. The van der Waals surface area contributed by atoms with E-state index in [9.17, 15) is 0 Å². The molecular formula is C18H14N6O.